The summed E-state index contributed by atoms with van der Waals surface area (Å²) in [4.78, 5) is 14.0. The molecule has 0 aliphatic carbocycles. The molecule has 1 unspecified atom stereocenters. The maximum absolute atomic E-state index is 12.5. The average molecular weight is 341 g/mol. The minimum Gasteiger partial charge on any atom is -0.498 e. The second-order valence-corrected chi connectivity index (χ2v) is 6.62. The molecule has 1 aromatic rings. The SMILES string of the molecule is C=C(OC)C1CN(C(=O)OC(C)(C)C)c2cc(Cl)c(N)cc2O1. The number of nitrogens with two attached hydrogens (primary N) is 1. The third kappa shape index (κ3) is 3.82. The van der Waals surface area contributed by atoms with Gasteiger partial charge in [0.1, 0.15) is 17.1 Å². The van der Waals surface area contributed by atoms with Gasteiger partial charge in [-0.25, -0.2) is 4.79 Å². The Bertz CT molecular complexity index is 640. The van der Waals surface area contributed by atoms with E-state index in [1.54, 1.807) is 32.9 Å². The minimum absolute atomic E-state index is 0.203. The van der Waals surface area contributed by atoms with Crippen LogP contribution >= 0.6 is 11.6 Å². The van der Waals surface area contributed by atoms with E-state index in [2.05, 4.69) is 6.58 Å². The van der Waals surface area contributed by atoms with Crippen LogP contribution in [0.2, 0.25) is 5.02 Å². The van der Waals surface area contributed by atoms with E-state index in [1.807, 2.05) is 0 Å². The third-order valence-corrected chi connectivity index (χ3v) is 3.55. The number of halogens is 1. The predicted molar refractivity (Wildman–Crippen MR) is 90.0 cm³/mol. The van der Waals surface area contributed by atoms with Gasteiger partial charge in [-0.15, -0.1) is 0 Å². The summed E-state index contributed by atoms with van der Waals surface area (Å²) >= 11 is 6.07. The number of carbonyl (C=O) groups is 1. The number of fused-ring (bicyclic) bond motifs is 1. The summed E-state index contributed by atoms with van der Waals surface area (Å²) in [6, 6.07) is 3.16. The van der Waals surface area contributed by atoms with Gasteiger partial charge in [-0.2, -0.15) is 0 Å². The lowest BCUT2D eigenvalue weighted by atomic mass is 10.1. The Kier molecular flexibility index (Phi) is 4.66. The summed E-state index contributed by atoms with van der Waals surface area (Å²) in [6.45, 7) is 9.40. The normalized spacial score (nSPS) is 17.1. The molecule has 0 bridgehead atoms. The standard InChI is InChI=1S/C16H21ClN2O4/c1-9(21-5)14-8-19(15(20)23-16(2,3)4)12-6-10(17)11(18)7-13(12)22-14/h6-7,14H,1,8,18H2,2-5H3. The minimum atomic E-state index is -0.624. The fourth-order valence-electron chi connectivity index (χ4n) is 2.11. The first-order valence-electron chi connectivity index (χ1n) is 7.11. The zero-order valence-electron chi connectivity index (χ0n) is 13.7. The monoisotopic (exact) mass is 340 g/mol. The van der Waals surface area contributed by atoms with Crippen molar-refractivity contribution in [2.75, 3.05) is 24.3 Å². The van der Waals surface area contributed by atoms with Gasteiger partial charge in [-0.1, -0.05) is 18.2 Å². The molecule has 6 nitrogen and oxygen atoms in total. The second kappa shape index (κ2) is 6.20. The quantitative estimate of drug-likeness (QED) is 0.658. The van der Waals surface area contributed by atoms with Gasteiger partial charge in [0.15, 0.2) is 6.10 Å². The first kappa shape index (κ1) is 17.3. The molecule has 0 fully saturated rings. The van der Waals surface area contributed by atoms with Crippen LogP contribution in [0.25, 0.3) is 0 Å². The molecule has 1 atom stereocenters. The number of amides is 1. The maximum Gasteiger partial charge on any atom is 0.415 e. The lowest BCUT2D eigenvalue weighted by Gasteiger charge is -2.36. The molecule has 126 valence electrons. The van der Waals surface area contributed by atoms with Crippen LogP contribution in [0.5, 0.6) is 5.75 Å². The van der Waals surface area contributed by atoms with E-state index in [4.69, 9.17) is 31.5 Å². The molecule has 2 N–H and O–H groups in total. The highest BCUT2D eigenvalue weighted by Crippen LogP contribution is 2.40. The van der Waals surface area contributed by atoms with Crippen molar-refractivity contribution < 1.29 is 19.0 Å². The van der Waals surface area contributed by atoms with Crippen LogP contribution in [0.3, 0.4) is 0 Å². The van der Waals surface area contributed by atoms with Gasteiger partial charge in [0, 0.05) is 6.07 Å². The summed E-state index contributed by atoms with van der Waals surface area (Å²) in [5, 5.41) is 0.338. The van der Waals surface area contributed by atoms with Crippen molar-refractivity contribution in [2.24, 2.45) is 0 Å². The second-order valence-electron chi connectivity index (χ2n) is 6.21. The Hall–Kier alpha value is -2.08. The van der Waals surface area contributed by atoms with E-state index >= 15 is 0 Å². The number of nitrogens with zero attached hydrogens (tertiary/aromatic N) is 1. The van der Waals surface area contributed by atoms with Crippen molar-refractivity contribution in [3.8, 4) is 5.75 Å². The van der Waals surface area contributed by atoms with Crippen molar-refractivity contribution in [1.82, 2.24) is 0 Å². The van der Waals surface area contributed by atoms with E-state index in [0.717, 1.165) is 0 Å². The molecule has 1 aliphatic rings. The summed E-state index contributed by atoms with van der Waals surface area (Å²) in [5.74, 6) is 0.824. The number of carbonyl (C=O) groups excluding carboxylic acids is 1. The van der Waals surface area contributed by atoms with Crippen LogP contribution < -0.4 is 15.4 Å². The summed E-state index contributed by atoms with van der Waals surface area (Å²) in [7, 11) is 1.50. The van der Waals surface area contributed by atoms with Gasteiger partial charge in [0.05, 0.1) is 30.1 Å². The molecule has 23 heavy (non-hydrogen) atoms. The van der Waals surface area contributed by atoms with Crippen LogP contribution in [0.4, 0.5) is 16.2 Å². The first-order chi connectivity index (χ1) is 10.6. The number of hydrogen-bond donors (Lipinski definition) is 1. The third-order valence-electron chi connectivity index (χ3n) is 3.22. The van der Waals surface area contributed by atoms with Crippen LogP contribution in [0, 0.1) is 0 Å². The van der Waals surface area contributed by atoms with Crippen molar-refractivity contribution in [2.45, 2.75) is 32.5 Å². The van der Waals surface area contributed by atoms with Crippen molar-refractivity contribution in [1.29, 1.82) is 0 Å². The van der Waals surface area contributed by atoms with Gasteiger partial charge in [-0.05, 0) is 26.8 Å². The molecular formula is C16H21ClN2O4. The predicted octanol–water partition coefficient (Wildman–Crippen LogP) is 3.58. The molecule has 1 heterocycles. The number of anilines is 2. The van der Waals surface area contributed by atoms with Gasteiger partial charge in [0.25, 0.3) is 0 Å². The Labute approximate surface area is 140 Å². The molecule has 1 aromatic carbocycles. The Morgan fingerprint density at radius 1 is 1.48 bits per heavy atom. The lowest BCUT2D eigenvalue weighted by Crippen LogP contribution is -2.46. The fourth-order valence-corrected chi connectivity index (χ4v) is 2.27. The number of methoxy groups -OCH3 is 1. The Balaban J connectivity index is 2.42. The van der Waals surface area contributed by atoms with Crippen LogP contribution in [-0.2, 0) is 9.47 Å². The number of hydrogen-bond acceptors (Lipinski definition) is 5. The summed E-state index contributed by atoms with van der Waals surface area (Å²) < 4.78 is 16.4. The smallest absolute Gasteiger partial charge is 0.415 e. The molecule has 7 heteroatoms. The van der Waals surface area contributed by atoms with Crippen molar-refractivity contribution in [3.63, 3.8) is 0 Å². The molecule has 2 rings (SSSR count). The zero-order chi connectivity index (χ0) is 17.4. The van der Waals surface area contributed by atoms with Crippen molar-refractivity contribution in [3.05, 3.63) is 29.5 Å². The largest absolute Gasteiger partial charge is 0.498 e. The van der Waals surface area contributed by atoms with Crippen LogP contribution in [0.15, 0.2) is 24.5 Å². The summed E-state index contributed by atoms with van der Waals surface area (Å²) in [6.07, 6.45) is -1.03. The van der Waals surface area contributed by atoms with Gasteiger partial charge < -0.3 is 19.9 Å². The van der Waals surface area contributed by atoms with Gasteiger partial charge >= 0.3 is 6.09 Å². The maximum atomic E-state index is 12.5. The van der Waals surface area contributed by atoms with Gasteiger partial charge in [-0.3, -0.25) is 4.90 Å². The molecule has 0 saturated heterocycles. The highest BCUT2D eigenvalue weighted by molar-refractivity contribution is 6.33. The van der Waals surface area contributed by atoms with E-state index < -0.39 is 17.8 Å². The van der Waals surface area contributed by atoms with Gasteiger partial charge in [0.2, 0.25) is 0 Å². The molecule has 0 radical (unpaired) electrons. The highest BCUT2D eigenvalue weighted by atomic mass is 35.5. The average Bonchev–Trinajstić information content (AvgIpc) is 2.44. The lowest BCUT2D eigenvalue weighted by molar-refractivity contribution is 0.0541. The molecular weight excluding hydrogens is 320 g/mol. The zero-order valence-corrected chi connectivity index (χ0v) is 14.4. The molecule has 1 aliphatic heterocycles. The van der Waals surface area contributed by atoms with Crippen LogP contribution in [-0.4, -0.2) is 31.5 Å². The van der Waals surface area contributed by atoms with E-state index in [9.17, 15) is 4.79 Å². The van der Waals surface area contributed by atoms with Crippen molar-refractivity contribution >= 4 is 29.1 Å². The molecule has 0 aromatic heterocycles. The Morgan fingerprint density at radius 3 is 2.70 bits per heavy atom. The number of rotatable bonds is 2. The van der Waals surface area contributed by atoms with Crippen LogP contribution in [0.1, 0.15) is 20.8 Å². The van der Waals surface area contributed by atoms with E-state index in [1.165, 1.54) is 12.0 Å². The van der Waals surface area contributed by atoms with E-state index in [0.29, 0.717) is 27.9 Å². The molecule has 0 saturated carbocycles. The molecule has 1 amide bonds. The number of nitrogen functional groups attached to an aromatic ring is 1. The number of benzene rings is 1. The first-order valence-corrected chi connectivity index (χ1v) is 7.49. The fraction of sp³-hybridized carbons (Fsp3) is 0.438. The highest BCUT2D eigenvalue weighted by Gasteiger charge is 2.35. The number of ether oxygens (including phenoxy) is 3. The topological polar surface area (TPSA) is 74.0 Å². The van der Waals surface area contributed by atoms with E-state index in [-0.39, 0.29) is 6.54 Å². The summed E-state index contributed by atoms with van der Waals surface area (Å²) in [5.41, 5.74) is 6.06. The Morgan fingerprint density at radius 2 is 2.13 bits per heavy atom. The molecule has 0 spiro atoms.